The van der Waals surface area contributed by atoms with Crippen molar-refractivity contribution in [2.45, 2.75) is 24.5 Å². The van der Waals surface area contributed by atoms with Crippen LogP contribution >= 0.6 is 0 Å². The maximum absolute atomic E-state index is 13.2. The molecule has 0 aliphatic heterocycles. The predicted molar refractivity (Wildman–Crippen MR) is 90.6 cm³/mol. The van der Waals surface area contributed by atoms with Crippen molar-refractivity contribution in [1.29, 1.82) is 0 Å². The highest BCUT2D eigenvalue weighted by Gasteiger charge is 2.23. The van der Waals surface area contributed by atoms with Gasteiger partial charge >= 0.3 is 0 Å². The molecular weight excluding hydrogens is 313 g/mol. The Hall–Kier alpha value is -2.01. The number of rotatable bonds is 6. The van der Waals surface area contributed by atoms with E-state index in [1.54, 1.807) is 31.0 Å². The van der Waals surface area contributed by atoms with Crippen molar-refractivity contribution in [2.75, 3.05) is 7.05 Å². The smallest absolute Gasteiger partial charge is 0.238 e. The fourth-order valence-electron chi connectivity index (χ4n) is 2.27. The van der Waals surface area contributed by atoms with Crippen molar-refractivity contribution < 1.29 is 13.4 Å². The highest BCUT2D eigenvalue weighted by atomic mass is 32.2. The second kappa shape index (κ2) is 8.02. The fraction of sp³-hybridized carbons (Fsp3) is 0.278. The normalized spacial score (nSPS) is 13.3. The molecular formula is C18H20FNO2S. The second-order valence-electron chi connectivity index (χ2n) is 5.48. The van der Waals surface area contributed by atoms with Gasteiger partial charge in [0.1, 0.15) is 11.1 Å². The Labute approximate surface area is 138 Å². The molecule has 0 aliphatic rings. The molecule has 0 N–H and O–H groups in total. The molecule has 0 heterocycles. The molecule has 2 atom stereocenters. The van der Waals surface area contributed by atoms with Crippen LogP contribution in [0.1, 0.15) is 18.1 Å². The zero-order chi connectivity index (χ0) is 16.8. The van der Waals surface area contributed by atoms with E-state index in [1.807, 2.05) is 30.3 Å². The largest absolute Gasteiger partial charge is 0.340 e. The zero-order valence-electron chi connectivity index (χ0n) is 13.2. The molecule has 0 saturated carbocycles. The van der Waals surface area contributed by atoms with Crippen molar-refractivity contribution in [2.24, 2.45) is 0 Å². The molecule has 0 radical (unpaired) electrons. The maximum atomic E-state index is 13.2. The van der Waals surface area contributed by atoms with Crippen molar-refractivity contribution in [1.82, 2.24) is 4.90 Å². The second-order valence-corrected chi connectivity index (χ2v) is 7.23. The molecule has 2 aromatic carbocycles. The number of carbonyl (C=O) groups is 1. The summed E-state index contributed by atoms with van der Waals surface area (Å²) in [4.78, 5) is 14.0. The van der Waals surface area contributed by atoms with Crippen LogP contribution in [-0.4, -0.2) is 27.3 Å². The molecule has 23 heavy (non-hydrogen) atoms. The molecule has 2 aromatic rings. The summed E-state index contributed by atoms with van der Waals surface area (Å²) in [6.45, 7) is 2.13. The van der Waals surface area contributed by atoms with Gasteiger partial charge in [-0.3, -0.25) is 9.00 Å². The molecule has 0 spiro atoms. The highest BCUT2D eigenvalue weighted by Crippen LogP contribution is 2.12. The lowest BCUT2D eigenvalue weighted by molar-refractivity contribution is -0.129. The molecule has 1 amide bonds. The lowest BCUT2D eigenvalue weighted by atomic mass is 10.2. The minimum Gasteiger partial charge on any atom is -0.340 e. The van der Waals surface area contributed by atoms with Gasteiger partial charge in [-0.2, -0.15) is 0 Å². The van der Waals surface area contributed by atoms with Crippen LogP contribution in [0.5, 0.6) is 0 Å². The van der Waals surface area contributed by atoms with E-state index >= 15 is 0 Å². The zero-order valence-corrected chi connectivity index (χ0v) is 14.1. The average Bonchev–Trinajstić information content (AvgIpc) is 2.54. The van der Waals surface area contributed by atoms with E-state index in [9.17, 15) is 13.4 Å². The lowest BCUT2D eigenvalue weighted by Crippen LogP contribution is -2.37. The van der Waals surface area contributed by atoms with Crippen molar-refractivity contribution >= 4 is 16.7 Å². The number of hydrogen-bond acceptors (Lipinski definition) is 2. The van der Waals surface area contributed by atoms with Gasteiger partial charge in [0.15, 0.2) is 0 Å². The summed E-state index contributed by atoms with van der Waals surface area (Å²) in [5, 5.41) is -0.632. The Morgan fingerprint density at radius 3 is 2.43 bits per heavy atom. The number of hydrogen-bond donors (Lipinski definition) is 0. The number of halogens is 1. The third kappa shape index (κ3) is 4.99. The quantitative estimate of drug-likeness (QED) is 0.814. The topological polar surface area (TPSA) is 37.4 Å². The number of nitrogens with zero attached hydrogens (tertiary/aromatic N) is 1. The number of carbonyl (C=O) groups excluding carboxylic acids is 1. The Kier molecular flexibility index (Phi) is 6.04. The first-order valence-electron chi connectivity index (χ1n) is 7.38. The average molecular weight is 333 g/mol. The van der Waals surface area contributed by atoms with E-state index in [0.717, 1.165) is 5.56 Å². The summed E-state index contributed by atoms with van der Waals surface area (Å²) in [6.07, 6.45) is 0. The summed E-state index contributed by atoms with van der Waals surface area (Å²) in [5.41, 5.74) is 1.65. The van der Waals surface area contributed by atoms with Crippen LogP contribution in [0.15, 0.2) is 54.6 Å². The van der Waals surface area contributed by atoms with Gasteiger partial charge in [0.05, 0.1) is 0 Å². The van der Waals surface area contributed by atoms with Gasteiger partial charge in [-0.05, 0) is 30.2 Å². The van der Waals surface area contributed by atoms with Crippen LogP contribution in [0.4, 0.5) is 4.39 Å². The summed E-state index contributed by atoms with van der Waals surface area (Å²) in [5.74, 6) is -0.368. The first-order valence-corrected chi connectivity index (χ1v) is 8.76. The summed E-state index contributed by atoms with van der Waals surface area (Å²) >= 11 is 0. The van der Waals surface area contributed by atoms with E-state index in [0.29, 0.717) is 12.1 Å². The molecule has 2 rings (SSSR count). The predicted octanol–water partition coefficient (Wildman–Crippen LogP) is 3.12. The van der Waals surface area contributed by atoms with Gasteiger partial charge in [-0.15, -0.1) is 0 Å². The minimum atomic E-state index is -1.39. The van der Waals surface area contributed by atoms with E-state index in [4.69, 9.17) is 0 Å². The van der Waals surface area contributed by atoms with Crippen LogP contribution < -0.4 is 0 Å². The fourth-order valence-corrected chi connectivity index (χ4v) is 3.44. The van der Waals surface area contributed by atoms with E-state index < -0.39 is 16.0 Å². The van der Waals surface area contributed by atoms with E-state index in [-0.39, 0.29) is 17.5 Å². The third-order valence-electron chi connectivity index (χ3n) is 3.58. The van der Waals surface area contributed by atoms with Crippen LogP contribution in [0.25, 0.3) is 0 Å². The van der Waals surface area contributed by atoms with Crippen molar-refractivity contribution in [3.63, 3.8) is 0 Å². The third-order valence-corrected chi connectivity index (χ3v) is 5.19. The van der Waals surface area contributed by atoms with Gasteiger partial charge in [0, 0.05) is 30.1 Å². The van der Waals surface area contributed by atoms with Crippen molar-refractivity contribution in [3.05, 3.63) is 71.5 Å². The number of amides is 1. The summed E-state index contributed by atoms with van der Waals surface area (Å²) in [7, 11) is 0.309. The van der Waals surface area contributed by atoms with Crippen LogP contribution in [-0.2, 0) is 27.9 Å². The van der Waals surface area contributed by atoms with Crippen molar-refractivity contribution in [3.8, 4) is 0 Å². The first-order chi connectivity index (χ1) is 11.0. The minimum absolute atomic E-state index is 0.170. The lowest BCUT2D eigenvalue weighted by Gasteiger charge is -2.21. The molecule has 0 unspecified atom stereocenters. The van der Waals surface area contributed by atoms with Crippen LogP contribution in [0, 0.1) is 5.82 Å². The van der Waals surface area contributed by atoms with Gasteiger partial charge in [-0.1, -0.05) is 42.5 Å². The van der Waals surface area contributed by atoms with Crippen LogP contribution in [0.3, 0.4) is 0 Å². The SMILES string of the molecule is C[C@H](C(=O)N(C)Cc1ccccc1)[S@@](=O)Cc1cccc(F)c1. The molecule has 0 aromatic heterocycles. The summed E-state index contributed by atoms with van der Waals surface area (Å²) < 4.78 is 25.5. The van der Waals surface area contributed by atoms with Gasteiger partial charge in [0.2, 0.25) is 5.91 Å². The molecule has 0 bridgehead atoms. The van der Waals surface area contributed by atoms with Crippen LogP contribution in [0.2, 0.25) is 0 Å². The first kappa shape index (κ1) is 17.3. The Morgan fingerprint density at radius 2 is 1.78 bits per heavy atom. The monoisotopic (exact) mass is 333 g/mol. The highest BCUT2D eigenvalue weighted by molar-refractivity contribution is 7.85. The molecule has 0 aliphatic carbocycles. The number of benzene rings is 2. The van der Waals surface area contributed by atoms with Gasteiger partial charge < -0.3 is 4.90 Å². The Morgan fingerprint density at radius 1 is 1.13 bits per heavy atom. The standard InChI is InChI=1S/C18H20FNO2S/c1-14(23(22)13-16-9-6-10-17(19)11-16)18(21)20(2)12-15-7-4-3-5-8-15/h3-11,14H,12-13H2,1-2H3/t14-,23+/m1/s1. The Bertz CT molecular complexity index is 690. The molecule has 0 fully saturated rings. The molecule has 0 saturated heterocycles. The maximum Gasteiger partial charge on any atom is 0.238 e. The van der Waals surface area contributed by atoms with E-state index in [2.05, 4.69) is 0 Å². The van der Waals surface area contributed by atoms with E-state index in [1.165, 1.54) is 12.1 Å². The molecule has 3 nitrogen and oxygen atoms in total. The molecule has 122 valence electrons. The Balaban J connectivity index is 1.96. The van der Waals surface area contributed by atoms with Gasteiger partial charge in [0.25, 0.3) is 0 Å². The molecule has 5 heteroatoms. The van der Waals surface area contributed by atoms with Gasteiger partial charge in [-0.25, -0.2) is 4.39 Å². The summed E-state index contributed by atoms with van der Waals surface area (Å²) in [6, 6.07) is 15.6.